The molecule has 1 aromatic carbocycles. The number of benzene rings is 1. The Kier molecular flexibility index (Phi) is 4.63. The number of amides is 2. The van der Waals surface area contributed by atoms with E-state index in [4.69, 9.17) is 0 Å². The van der Waals surface area contributed by atoms with Gasteiger partial charge in [0.1, 0.15) is 0 Å². The Balaban J connectivity index is 1.19. The van der Waals surface area contributed by atoms with Gasteiger partial charge in [0.2, 0.25) is 5.91 Å². The van der Waals surface area contributed by atoms with Crippen molar-refractivity contribution in [3.8, 4) is 0 Å². The molecule has 0 radical (unpaired) electrons. The van der Waals surface area contributed by atoms with Gasteiger partial charge in [-0.1, -0.05) is 12.5 Å². The quantitative estimate of drug-likeness (QED) is 0.770. The number of rotatable bonds is 3. The SMILES string of the molecule is O=C(c1cccc(N2CCCC2=O)c1)N1C[C@@H]2C[C@H](C1)[C@@H]1CCC[C@H](C3CC3)N1C2. The molecule has 4 aliphatic heterocycles. The summed E-state index contributed by atoms with van der Waals surface area (Å²) in [5.41, 5.74) is 1.62. The van der Waals surface area contributed by atoms with E-state index in [1.807, 2.05) is 29.2 Å². The Bertz CT molecular complexity index is 851. The zero-order chi connectivity index (χ0) is 20.2. The van der Waals surface area contributed by atoms with E-state index < -0.39 is 0 Å². The van der Waals surface area contributed by atoms with Crippen molar-refractivity contribution in [1.82, 2.24) is 9.80 Å². The van der Waals surface area contributed by atoms with Crippen molar-refractivity contribution in [2.75, 3.05) is 31.1 Å². The van der Waals surface area contributed by atoms with Crippen molar-refractivity contribution in [1.29, 1.82) is 0 Å². The van der Waals surface area contributed by atoms with E-state index in [1.54, 1.807) is 0 Å². The van der Waals surface area contributed by atoms with Crippen LogP contribution in [-0.2, 0) is 4.79 Å². The molecule has 160 valence electrons. The molecule has 5 heteroatoms. The van der Waals surface area contributed by atoms with Crippen LogP contribution in [0.5, 0.6) is 0 Å². The fourth-order valence-electron chi connectivity index (χ4n) is 6.91. The van der Waals surface area contributed by atoms with Crippen molar-refractivity contribution >= 4 is 17.5 Å². The number of anilines is 1. The number of carbonyl (C=O) groups excluding carboxylic acids is 2. The number of carbonyl (C=O) groups is 2. The summed E-state index contributed by atoms with van der Waals surface area (Å²) >= 11 is 0. The van der Waals surface area contributed by atoms with Gasteiger partial charge in [0.05, 0.1) is 0 Å². The summed E-state index contributed by atoms with van der Waals surface area (Å²) < 4.78 is 0. The molecular formula is C25H33N3O2. The summed E-state index contributed by atoms with van der Waals surface area (Å²) in [6.07, 6.45) is 9.77. The van der Waals surface area contributed by atoms with Gasteiger partial charge in [-0.05, 0) is 74.5 Å². The van der Waals surface area contributed by atoms with Gasteiger partial charge in [0.15, 0.2) is 0 Å². The number of piperidine rings is 3. The average Bonchev–Trinajstić information content (AvgIpc) is 3.53. The molecule has 4 heterocycles. The Morgan fingerprint density at radius 2 is 1.77 bits per heavy atom. The lowest BCUT2D eigenvalue weighted by Gasteiger charge is -2.55. The first-order valence-corrected chi connectivity index (χ1v) is 12.1. The van der Waals surface area contributed by atoms with Gasteiger partial charge in [-0.3, -0.25) is 14.5 Å². The van der Waals surface area contributed by atoms with Gasteiger partial charge in [0.25, 0.3) is 5.91 Å². The van der Waals surface area contributed by atoms with Gasteiger partial charge in [-0.15, -0.1) is 0 Å². The van der Waals surface area contributed by atoms with Crippen molar-refractivity contribution in [2.24, 2.45) is 17.8 Å². The first-order valence-electron chi connectivity index (χ1n) is 12.1. The largest absolute Gasteiger partial charge is 0.338 e. The molecule has 5 fully saturated rings. The number of fused-ring (bicyclic) bond motifs is 4. The lowest BCUT2D eigenvalue weighted by atomic mass is 9.74. The van der Waals surface area contributed by atoms with Gasteiger partial charge in [0, 0.05) is 55.9 Å². The van der Waals surface area contributed by atoms with Crippen LogP contribution in [0.1, 0.15) is 61.7 Å². The summed E-state index contributed by atoms with van der Waals surface area (Å²) in [6.45, 7) is 3.75. The molecule has 2 bridgehead atoms. The van der Waals surface area contributed by atoms with Crippen molar-refractivity contribution in [2.45, 2.75) is 63.5 Å². The second-order valence-corrected chi connectivity index (χ2v) is 10.4. The van der Waals surface area contributed by atoms with Crippen molar-refractivity contribution < 1.29 is 9.59 Å². The third-order valence-electron chi connectivity index (χ3n) is 8.37. The average molecular weight is 408 g/mol. The van der Waals surface area contributed by atoms with Crippen molar-refractivity contribution in [3.63, 3.8) is 0 Å². The van der Waals surface area contributed by atoms with Crippen LogP contribution in [0.3, 0.4) is 0 Å². The summed E-state index contributed by atoms with van der Waals surface area (Å²) in [7, 11) is 0. The molecule has 5 nitrogen and oxygen atoms in total. The van der Waals surface area contributed by atoms with Crippen LogP contribution in [0, 0.1) is 17.8 Å². The normalized spacial score (nSPS) is 34.2. The number of nitrogens with zero attached hydrogens (tertiary/aromatic N) is 3. The fraction of sp³-hybridized carbons (Fsp3) is 0.680. The van der Waals surface area contributed by atoms with E-state index in [1.165, 1.54) is 45.1 Å². The van der Waals surface area contributed by atoms with Crippen LogP contribution in [0.2, 0.25) is 0 Å². The fourth-order valence-corrected chi connectivity index (χ4v) is 6.91. The third kappa shape index (κ3) is 3.26. The van der Waals surface area contributed by atoms with Gasteiger partial charge >= 0.3 is 0 Å². The molecule has 6 rings (SSSR count). The molecule has 1 saturated carbocycles. The van der Waals surface area contributed by atoms with Crippen LogP contribution < -0.4 is 4.90 Å². The molecule has 30 heavy (non-hydrogen) atoms. The summed E-state index contributed by atoms with van der Waals surface area (Å²) in [4.78, 5) is 32.4. The van der Waals surface area contributed by atoms with E-state index in [-0.39, 0.29) is 11.8 Å². The summed E-state index contributed by atoms with van der Waals surface area (Å²) in [6, 6.07) is 9.26. The minimum absolute atomic E-state index is 0.154. The number of hydrogen-bond acceptors (Lipinski definition) is 3. The maximum atomic E-state index is 13.4. The topological polar surface area (TPSA) is 43.9 Å². The Morgan fingerprint density at radius 1 is 0.933 bits per heavy atom. The van der Waals surface area contributed by atoms with Crippen LogP contribution in [0.15, 0.2) is 24.3 Å². The van der Waals surface area contributed by atoms with Crippen LogP contribution in [0.4, 0.5) is 5.69 Å². The second-order valence-electron chi connectivity index (χ2n) is 10.4. The monoisotopic (exact) mass is 407 g/mol. The number of likely N-dealkylation sites (tertiary alicyclic amines) is 1. The molecule has 1 aliphatic carbocycles. The molecule has 5 aliphatic rings. The highest BCUT2D eigenvalue weighted by Crippen LogP contribution is 2.46. The van der Waals surface area contributed by atoms with Gasteiger partial charge in [-0.25, -0.2) is 0 Å². The summed E-state index contributed by atoms with van der Waals surface area (Å²) in [5, 5.41) is 0. The molecule has 0 N–H and O–H groups in total. The minimum Gasteiger partial charge on any atom is -0.338 e. The molecule has 1 aromatic rings. The second kappa shape index (κ2) is 7.37. The maximum absolute atomic E-state index is 13.4. The minimum atomic E-state index is 0.154. The zero-order valence-corrected chi connectivity index (χ0v) is 17.8. The molecule has 0 unspecified atom stereocenters. The molecule has 0 spiro atoms. The highest BCUT2D eigenvalue weighted by Gasteiger charge is 2.48. The standard InChI is InChI=1S/C25H33N3O2/c29-24-8-3-11-27(24)21-5-1-4-19(13-21)25(30)26-14-17-12-20(16-26)23-7-2-6-22(18-9-10-18)28(23)15-17/h1,4-5,13,17-18,20,22-23H,2-3,6-12,14-16H2/t17-,20+,22+,23-/m0/s1. The van der Waals surface area contributed by atoms with E-state index in [0.717, 1.165) is 49.3 Å². The predicted molar refractivity (Wildman–Crippen MR) is 116 cm³/mol. The molecule has 4 atom stereocenters. The van der Waals surface area contributed by atoms with Gasteiger partial charge in [-0.2, -0.15) is 0 Å². The van der Waals surface area contributed by atoms with E-state index in [2.05, 4.69) is 9.80 Å². The first-order chi connectivity index (χ1) is 14.7. The van der Waals surface area contributed by atoms with E-state index >= 15 is 0 Å². The van der Waals surface area contributed by atoms with Crippen LogP contribution in [-0.4, -0.2) is 59.9 Å². The third-order valence-corrected chi connectivity index (χ3v) is 8.37. The molecular weight excluding hydrogens is 374 g/mol. The maximum Gasteiger partial charge on any atom is 0.253 e. The smallest absolute Gasteiger partial charge is 0.253 e. The van der Waals surface area contributed by atoms with Crippen LogP contribution in [0.25, 0.3) is 0 Å². The first kappa shape index (κ1) is 18.9. The van der Waals surface area contributed by atoms with Crippen LogP contribution >= 0.6 is 0 Å². The highest BCUT2D eigenvalue weighted by molar-refractivity contribution is 5.99. The highest BCUT2D eigenvalue weighted by atomic mass is 16.2. The molecule has 2 amide bonds. The Labute approximate surface area is 179 Å². The Hall–Kier alpha value is -1.88. The predicted octanol–water partition coefficient (Wildman–Crippen LogP) is 3.54. The van der Waals surface area contributed by atoms with Crippen molar-refractivity contribution in [3.05, 3.63) is 29.8 Å². The zero-order valence-electron chi connectivity index (χ0n) is 17.8. The molecule has 0 aromatic heterocycles. The number of hydrogen-bond donors (Lipinski definition) is 0. The van der Waals surface area contributed by atoms with E-state index in [9.17, 15) is 9.59 Å². The Morgan fingerprint density at radius 3 is 2.53 bits per heavy atom. The lowest BCUT2D eigenvalue weighted by Crippen LogP contribution is -2.62. The summed E-state index contributed by atoms with van der Waals surface area (Å²) in [5.74, 6) is 2.54. The molecule has 4 saturated heterocycles. The van der Waals surface area contributed by atoms with E-state index in [0.29, 0.717) is 24.3 Å². The lowest BCUT2D eigenvalue weighted by molar-refractivity contribution is -0.117. The van der Waals surface area contributed by atoms with Gasteiger partial charge < -0.3 is 9.80 Å².